The zero-order chi connectivity index (χ0) is 25.2. The van der Waals surface area contributed by atoms with Crippen LogP contribution < -0.4 is 16.0 Å². The van der Waals surface area contributed by atoms with Crippen LogP contribution in [0.4, 0.5) is 17.2 Å². The number of rotatable bonds is 7. The van der Waals surface area contributed by atoms with Gasteiger partial charge in [0.25, 0.3) is 11.8 Å². The third-order valence-corrected chi connectivity index (χ3v) is 5.87. The van der Waals surface area contributed by atoms with E-state index in [0.717, 1.165) is 23.7 Å². The first-order chi connectivity index (χ1) is 16.7. The second kappa shape index (κ2) is 9.26. The molecule has 0 atom stereocenters. The van der Waals surface area contributed by atoms with Crippen molar-refractivity contribution in [1.29, 1.82) is 0 Å². The van der Waals surface area contributed by atoms with Gasteiger partial charge in [-0.05, 0) is 62.4 Å². The quantitative estimate of drug-likeness (QED) is 0.309. The molecule has 0 saturated heterocycles. The Hall–Kier alpha value is -4.73. The van der Waals surface area contributed by atoms with Crippen LogP contribution in [0.15, 0.2) is 61.2 Å². The lowest BCUT2D eigenvalue weighted by atomic mass is 10.0. The summed E-state index contributed by atoms with van der Waals surface area (Å²) in [6.07, 6.45) is 1.93. The van der Waals surface area contributed by atoms with E-state index in [9.17, 15) is 19.2 Å². The van der Waals surface area contributed by atoms with Crippen LogP contribution in [0, 0.1) is 0 Å². The largest absolute Gasteiger partial charge is 0.330 e. The predicted octanol–water partition coefficient (Wildman–Crippen LogP) is 3.25. The highest BCUT2D eigenvalue weighted by molar-refractivity contribution is 6.07. The van der Waals surface area contributed by atoms with Crippen LogP contribution in [0.3, 0.4) is 0 Å². The summed E-state index contributed by atoms with van der Waals surface area (Å²) in [4.78, 5) is 49.9. The van der Waals surface area contributed by atoms with Gasteiger partial charge in [-0.3, -0.25) is 24.3 Å². The lowest BCUT2D eigenvalue weighted by Gasteiger charge is -2.27. The van der Waals surface area contributed by atoms with Crippen molar-refractivity contribution >= 4 is 41.3 Å². The third kappa shape index (κ3) is 4.67. The highest BCUT2D eigenvalue weighted by atomic mass is 16.2. The molecule has 10 heteroatoms. The number of nitrogens with one attached hydrogen (secondary N) is 4. The Bertz CT molecular complexity index is 1330. The number of nitrogens with zero attached hydrogens (tertiary/aromatic N) is 2. The number of amides is 4. The minimum absolute atomic E-state index is 0.325. The molecule has 0 spiro atoms. The van der Waals surface area contributed by atoms with Crippen LogP contribution in [-0.4, -0.2) is 39.2 Å². The van der Waals surface area contributed by atoms with E-state index < -0.39 is 11.4 Å². The Labute approximate surface area is 201 Å². The second-order valence-corrected chi connectivity index (χ2v) is 8.48. The molecule has 4 amide bonds. The number of aromatic nitrogens is 2. The van der Waals surface area contributed by atoms with Crippen molar-refractivity contribution in [2.24, 2.45) is 0 Å². The predicted molar refractivity (Wildman–Crippen MR) is 131 cm³/mol. The Morgan fingerprint density at radius 3 is 2.40 bits per heavy atom. The van der Waals surface area contributed by atoms with Gasteiger partial charge in [-0.1, -0.05) is 12.6 Å². The molecular weight excluding hydrogens is 448 g/mol. The Balaban J connectivity index is 1.44. The summed E-state index contributed by atoms with van der Waals surface area (Å²) in [7, 11) is 0. The Kier molecular flexibility index (Phi) is 6.20. The van der Waals surface area contributed by atoms with Gasteiger partial charge in [-0.15, -0.1) is 0 Å². The molecule has 0 saturated carbocycles. The van der Waals surface area contributed by atoms with Crippen molar-refractivity contribution in [2.45, 2.75) is 25.9 Å². The molecular formula is C25H24N6O4. The van der Waals surface area contributed by atoms with Crippen LogP contribution >= 0.6 is 0 Å². The van der Waals surface area contributed by atoms with E-state index >= 15 is 0 Å². The van der Waals surface area contributed by atoms with Gasteiger partial charge in [0, 0.05) is 28.1 Å². The maximum Gasteiger partial charge on any atom is 0.256 e. The SMILES string of the molecule is C=CC(=O)Nc1ccc(C(=O)Nc2cccc(C(=O)Nc3n[nH]c4c3CN(C=O)C4(C)C)c2)cc1. The van der Waals surface area contributed by atoms with E-state index in [1.54, 1.807) is 53.4 Å². The zero-order valence-electron chi connectivity index (χ0n) is 19.2. The Morgan fingerprint density at radius 2 is 1.71 bits per heavy atom. The molecule has 4 rings (SSSR count). The smallest absolute Gasteiger partial charge is 0.256 e. The fourth-order valence-electron chi connectivity index (χ4n) is 3.83. The molecule has 4 N–H and O–H groups in total. The van der Waals surface area contributed by atoms with Crippen LogP contribution in [0.5, 0.6) is 0 Å². The zero-order valence-corrected chi connectivity index (χ0v) is 19.2. The second-order valence-electron chi connectivity index (χ2n) is 8.48. The summed E-state index contributed by atoms with van der Waals surface area (Å²) in [6, 6.07) is 12.9. The molecule has 35 heavy (non-hydrogen) atoms. The number of carbonyl (C=O) groups excluding carboxylic acids is 4. The van der Waals surface area contributed by atoms with Gasteiger partial charge in [0.15, 0.2) is 5.82 Å². The van der Waals surface area contributed by atoms with Gasteiger partial charge in [0.1, 0.15) is 0 Å². The third-order valence-electron chi connectivity index (χ3n) is 5.87. The highest BCUT2D eigenvalue weighted by Gasteiger charge is 2.40. The van der Waals surface area contributed by atoms with Gasteiger partial charge in [-0.25, -0.2) is 0 Å². The fraction of sp³-hybridized carbons (Fsp3) is 0.160. The van der Waals surface area contributed by atoms with Crippen molar-refractivity contribution in [3.05, 3.63) is 83.6 Å². The number of hydrogen-bond acceptors (Lipinski definition) is 5. The molecule has 1 aromatic heterocycles. The summed E-state index contributed by atoms with van der Waals surface area (Å²) >= 11 is 0. The lowest BCUT2D eigenvalue weighted by Crippen LogP contribution is -2.34. The molecule has 3 aromatic rings. The molecule has 0 aliphatic carbocycles. The number of benzene rings is 2. The van der Waals surface area contributed by atoms with Crippen LogP contribution in [0.2, 0.25) is 0 Å². The van der Waals surface area contributed by atoms with Crippen molar-refractivity contribution in [1.82, 2.24) is 15.1 Å². The number of aromatic amines is 1. The van der Waals surface area contributed by atoms with E-state index in [2.05, 4.69) is 32.7 Å². The van der Waals surface area contributed by atoms with Gasteiger partial charge in [0.2, 0.25) is 12.3 Å². The minimum Gasteiger partial charge on any atom is -0.330 e. The maximum atomic E-state index is 12.9. The van der Waals surface area contributed by atoms with Crippen LogP contribution in [-0.2, 0) is 21.7 Å². The number of carbonyl (C=O) groups is 4. The van der Waals surface area contributed by atoms with Crippen molar-refractivity contribution < 1.29 is 19.2 Å². The Morgan fingerprint density at radius 1 is 1.00 bits per heavy atom. The summed E-state index contributed by atoms with van der Waals surface area (Å²) in [5.41, 5.74) is 2.66. The standard InChI is InChI=1S/C25H24N6O4/c1-4-20(33)26-17-10-8-15(9-11-17)23(34)27-18-7-5-6-16(12-18)24(35)28-22-19-13-31(14-32)25(2,3)21(19)29-30-22/h4-12,14H,1,13H2,2-3H3,(H,26,33)(H,27,34)(H2,28,29,30,35). The number of H-pyrrole nitrogens is 1. The van der Waals surface area contributed by atoms with Gasteiger partial charge in [-0.2, -0.15) is 5.10 Å². The van der Waals surface area contributed by atoms with E-state index in [-0.39, 0.29) is 11.8 Å². The summed E-state index contributed by atoms with van der Waals surface area (Å²) in [5.74, 6) is -0.757. The monoisotopic (exact) mass is 472 g/mol. The molecule has 2 heterocycles. The first-order valence-corrected chi connectivity index (χ1v) is 10.8. The van der Waals surface area contributed by atoms with Gasteiger partial charge >= 0.3 is 0 Å². The molecule has 178 valence electrons. The molecule has 2 aromatic carbocycles. The van der Waals surface area contributed by atoms with Crippen LogP contribution in [0.25, 0.3) is 0 Å². The van der Waals surface area contributed by atoms with Gasteiger partial charge in [0.05, 0.1) is 17.8 Å². The molecule has 0 radical (unpaired) electrons. The first kappa shape index (κ1) is 23.4. The summed E-state index contributed by atoms with van der Waals surface area (Å²) in [6.45, 7) is 7.52. The first-order valence-electron chi connectivity index (χ1n) is 10.8. The van der Waals surface area contributed by atoms with E-state index in [0.29, 0.717) is 34.9 Å². The topological polar surface area (TPSA) is 136 Å². The van der Waals surface area contributed by atoms with E-state index in [1.807, 2.05) is 13.8 Å². The van der Waals surface area contributed by atoms with Gasteiger partial charge < -0.3 is 20.9 Å². The van der Waals surface area contributed by atoms with E-state index in [4.69, 9.17) is 0 Å². The average molecular weight is 473 g/mol. The van der Waals surface area contributed by atoms with Crippen molar-refractivity contribution in [3.8, 4) is 0 Å². The molecule has 1 aliphatic heterocycles. The molecule has 10 nitrogen and oxygen atoms in total. The van der Waals surface area contributed by atoms with Crippen molar-refractivity contribution in [2.75, 3.05) is 16.0 Å². The number of anilines is 3. The van der Waals surface area contributed by atoms with Crippen LogP contribution in [0.1, 0.15) is 45.8 Å². The molecule has 0 fully saturated rings. The highest BCUT2D eigenvalue weighted by Crippen LogP contribution is 2.39. The van der Waals surface area contributed by atoms with Crippen molar-refractivity contribution in [3.63, 3.8) is 0 Å². The fourth-order valence-corrected chi connectivity index (χ4v) is 3.83. The normalized spacial score (nSPS) is 13.5. The number of hydrogen-bond donors (Lipinski definition) is 4. The maximum absolute atomic E-state index is 12.9. The van der Waals surface area contributed by atoms with E-state index in [1.165, 1.54) is 0 Å². The lowest BCUT2D eigenvalue weighted by molar-refractivity contribution is -0.123. The molecule has 1 aliphatic rings. The molecule has 0 bridgehead atoms. The minimum atomic E-state index is -0.549. The number of fused-ring (bicyclic) bond motifs is 1. The summed E-state index contributed by atoms with van der Waals surface area (Å²) < 4.78 is 0. The average Bonchev–Trinajstić information content (AvgIpc) is 3.36. The summed E-state index contributed by atoms with van der Waals surface area (Å²) in [5, 5.41) is 15.3. The molecule has 0 unspecified atom stereocenters.